The van der Waals surface area contributed by atoms with Crippen LogP contribution in [0.3, 0.4) is 0 Å². The van der Waals surface area contributed by atoms with Crippen LogP contribution in [0.25, 0.3) is 0 Å². The van der Waals surface area contributed by atoms with Crippen LogP contribution in [-0.4, -0.2) is 31.0 Å². The normalized spacial score (nSPS) is 21.1. The molecule has 0 unspecified atom stereocenters. The number of carbonyl (C=O) groups is 1. The predicted molar refractivity (Wildman–Crippen MR) is 79.4 cm³/mol. The number of amides is 1. The second-order valence-corrected chi connectivity index (χ2v) is 5.75. The smallest absolute Gasteiger partial charge is 0.387 e. The van der Waals surface area contributed by atoms with E-state index >= 15 is 0 Å². The Morgan fingerprint density at radius 3 is 2.64 bits per heavy atom. The van der Waals surface area contributed by atoms with Gasteiger partial charge in [-0.1, -0.05) is 18.6 Å². The van der Waals surface area contributed by atoms with E-state index in [1.807, 2.05) is 0 Å². The minimum atomic E-state index is -2.83. The van der Waals surface area contributed by atoms with Crippen molar-refractivity contribution in [3.05, 3.63) is 29.8 Å². The SMILES string of the molecule is CN(Cc1ccc(OC(F)F)cc1)C(=O)[C@@H]1CCC[C@@H]1CN. The van der Waals surface area contributed by atoms with Gasteiger partial charge in [-0.3, -0.25) is 4.79 Å². The lowest BCUT2D eigenvalue weighted by Crippen LogP contribution is -2.36. The lowest BCUT2D eigenvalue weighted by atomic mass is 9.95. The van der Waals surface area contributed by atoms with Gasteiger partial charge in [0.05, 0.1) is 0 Å². The molecule has 0 saturated heterocycles. The van der Waals surface area contributed by atoms with E-state index in [-0.39, 0.29) is 23.5 Å². The number of rotatable bonds is 6. The molecule has 4 nitrogen and oxygen atoms in total. The van der Waals surface area contributed by atoms with Gasteiger partial charge in [0.15, 0.2) is 0 Å². The second kappa shape index (κ2) is 7.54. The third-order valence-corrected chi connectivity index (χ3v) is 4.22. The average molecular weight is 312 g/mol. The van der Waals surface area contributed by atoms with Gasteiger partial charge >= 0.3 is 6.61 Å². The van der Waals surface area contributed by atoms with Gasteiger partial charge in [-0.25, -0.2) is 0 Å². The molecule has 2 atom stereocenters. The molecule has 2 N–H and O–H groups in total. The highest BCUT2D eigenvalue weighted by Crippen LogP contribution is 2.32. The van der Waals surface area contributed by atoms with Gasteiger partial charge in [0.25, 0.3) is 0 Å². The number of hydrogen-bond donors (Lipinski definition) is 1. The molecule has 1 saturated carbocycles. The van der Waals surface area contributed by atoms with E-state index in [4.69, 9.17) is 5.73 Å². The summed E-state index contributed by atoms with van der Waals surface area (Å²) < 4.78 is 28.5. The first-order chi connectivity index (χ1) is 10.5. The molecule has 0 radical (unpaired) electrons. The minimum Gasteiger partial charge on any atom is -0.435 e. The minimum absolute atomic E-state index is 0.0106. The molecule has 0 heterocycles. The van der Waals surface area contributed by atoms with Gasteiger partial charge in [0.1, 0.15) is 5.75 Å². The lowest BCUT2D eigenvalue weighted by Gasteiger charge is -2.24. The van der Waals surface area contributed by atoms with E-state index in [0.29, 0.717) is 13.1 Å². The van der Waals surface area contributed by atoms with Crippen molar-refractivity contribution in [2.45, 2.75) is 32.4 Å². The fourth-order valence-corrected chi connectivity index (χ4v) is 3.06. The van der Waals surface area contributed by atoms with Crippen LogP contribution in [0.5, 0.6) is 5.75 Å². The van der Waals surface area contributed by atoms with E-state index < -0.39 is 6.61 Å². The van der Waals surface area contributed by atoms with Crippen LogP contribution in [0.2, 0.25) is 0 Å². The summed E-state index contributed by atoms with van der Waals surface area (Å²) in [5.74, 6) is 0.515. The molecule has 6 heteroatoms. The Morgan fingerprint density at radius 1 is 1.36 bits per heavy atom. The third kappa shape index (κ3) is 4.16. The van der Waals surface area contributed by atoms with Crippen molar-refractivity contribution in [3.63, 3.8) is 0 Å². The van der Waals surface area contributed by atoms with E-state index in [9.17, 15) is 13.6 Å². The summed E-state index contributed by atoms with van der Waals surface area (Å²) in [5.41, 5.74) is 6.60. The fraction of sp³-hybridized carbons (Fsp3) is 0.562. The molecule has 1 amide bonds. The first-order valence-corrected chi connectivity index (χ1v) is 7.50. The van der Waals surface area contributed by atoms with Gasteiger partial charge in [0, 0.05) is 19.5 Å². The number of alkyl halides is 2. The largest absolute Gasteiger partial charge is 0.435 e. The summed E-state index contributed by atoms with van der Waals surface area (Å²) in [7, 11) is 1.76. The highest BCUT2D eigenvalue weighted by Gasteiger charge is 2.33. The third-order valence-electron chi connectivity index (χ3n) is 4.22. The average Bonchev–Trinajstić information content (AvgIpc) is 2.96. The van der Waals surface area contributed by atoms with E-state index in [2.05, 4.69) is 4.74 Å². The zero-order valence-electron chi connectivity index (χ0n) is 12.7. The molecular formula is C16H22F2N2O2. The van der Waals surface area contributed by atoms with Crippen LogP contribution in [0, 0.1) is 11.8 Å². The van der Waals surface area contributed by atoms with Crippen LogP contribution in [0.4, 0.5) is 8.78 Å². The molecule has 1 aromatic rings. The highest BCUT2D eigenvalue weighted by molar-refractivity contribution is 5.79. The second-order valence-electron chi connectivity index (χ2n) is 5.75. The Bertz CT molecular complexity index is 493. The standard InChI is InChI=1S/C16H22F2N2O2/c1-20(15(21)14-4-2-3-12(14)9-19)10-11-5-7-13(8-6-11)22-16(17)18/h5-8,12,14,16H,2-4,9-10,19H2,1H3/t12-,14-/m1/s1. The van der Waals surface area contributed by atoms with E-state index in [0.717, 1.165) is 24.8 Å². The van der Waals surface area contributed by atoms with Gasteiger partial charge in [0.2, 0.25) is 5.91 Å². The van der Waals surface area contributed by atoms with Crippen molar-refractivity contribution in [1.29, 1.82) is 0 Å². The maximum atomic E-state index is 12.5. The molecule has 1 aromatic carbocycles. The monoisotopic (exact) mass is 312 g/mol. The van der Waals surface area contributed by atoms with Crippen LogP contribution >= 0.6 is 0 Å². The van der Waals surface area contributed by atoms with Crippen molar-refractivity contribution >= 4 is 5.91 Å². The summed E-state index contributed by atoms with van der Waals surface area (Å²) >= 11 is 0. The molecule has 22 heavy (non-hydrogen) atoms. The lowest BCUT2D eigenvalue weighted by molar-refractivity contribution is -0.135. The predicted octanol–water partition coefficient (Wildman–Crippen LogP) is 2.62. The number of nitrogens with two attached hydrogens (primary N) is 1. The first kappa shape index (κ1) is 16.7. The Hall–Kier alpha value is -1.69. The molecular weight excluding hydrogens is 290 g/mol. The van der Waals surface area contributed by atoms with E-state index in [1.54, 1.807) is 24.1 Å². The summed E-state index contributed by atoms with van der Waals surface area (Å²) in [4.78, 5) is 14.2. The van der Waals surface area contributed by atoms with Gasteiger partial charge in [-0.15, -0.1) is 0 Å². The fourth-order valence-electron chi connectivity index (χ4n) is 3.06. The topological polar surface area (TPSA) is 55.6 Å². The van der Waals surface area contributed by atoms with Crippen molar-refractivity contribution in [1.82, 2.24) is 4.90 Å². The Labute approximate surface area is 129 Å². The Balaban J connectivity index is 1.93. The number of hydrogen-bond acceptors (Lipinski definition) is 3. The molecule has 0 aliphatic heterocycles. The van der Waals surface area contributed by atoms with Crippen molar-refractivity contribution in [2.24, 2.45) is 17.6 Å². The highest BCUT2D eigenvalue weighted by atomic mass is 19.3. The van der Waals surface area contributed by atoms with Crippen LogP contribution in [0.15, 0.2) is 24.3 Å². The summed E-state index contributed by atoms with van der Waals surface area (Å²) in [6.45, 7) is -1.84. The summed E-state index contributed by atoms with van der Waals surface area (Å²) in [6.07, 6.45) is 2.96. The van der Waals surface area contributed by atoms with Crippen molar-refractivity contribution < 1.29 is 18.3 Å². The number of ether oxygens (including phenoxy) is 1. The molecule has 1 aliphatic rings. The molecule has 122 valence electrons. The zero-order chi connectivity index (χ0) is 16.1. The van der Waals surface area contributed by atoms with Crippen LogP contribution in [0.1, 0.15) is 24.8 Å². The molecule has 0 bridgehead atoms. The summed E-state index contributed by atoms with van der Waals surface area (Å²) in [5, 5.41) is 0. The maximum Gasteiger partial charge on any atom is 0.387 e. The number of benzene rings is 1. The summed E-state index contributed by atoms with van der Waals surface area (Å²) in [6, 6.07) is 6.35. The Kier molecular flexibility index (Phi) is 5.71. The zero-order valence-corrected chi connectivity index (χ0v) is 12.7. The van der Waals surface area contributed by atoms with Crippen LogP contribution in [-0.2, 0) is 11.3 Å². The molecule has 2 rings (SSSR count). The van der Waals surface area contributed by atoms with Crippen molar-refractivity contribution in [2.75, 3.05) is 13.6 Å². The quantitative estimate of drug-likeness (QED) is 0.878. The molecule has 1 aliphatic carbocycles. The van der Waals surface area contributed by atoms with Crippen molar-refractivity contribution in [3.8, 4) is 5.75 Å². The molecule has 1 fully saturated rings. The molecule has 0 spiro atoms. The number of nitrogens with zero attached hydrogens (tertiary/aromatic N) is 1. The number of carbonyl (C=O) groups excluding carboxylic acids is 1. The van der Waals surface area contributed by atoms with Crippen LogP contribution < -0.4 is 10.5 Å². The Morgan fingerprint density at radius 2 is 2.05 bits per heavy atom. The molecule has 0 aromatic heterocycles. The first-order valence-electron chi connectivity index (χ1n) is 7.50. The number of halogens is 2. The van der Waals surface area contributed by atoms with E-state index in [1.165, 1.54) is 12.1 Å². The van der Waals surface area contributed by atoms with Gasteiger partial charge in [-0.2, -0.15) is 8.78 Å². The van der Waals surface area contributed by atoms with Gasteiger partial charge in [-0.05, 0) is 43.0 Å². The van der Waals surface area contributed by atoms with Gasteiger partial charge < -0.3 is 15.4 Å². The maximum absolute atomic E-state index is 12.5.